The summed E-state index contributed by atoms with van der Waals surface area (Å²) in [5.41, 5.74) is 6.13. The Morgan fingerprint density at radius 1 is 1.20 bits per heavy atom. The highest BCUT2D eigenvalue weighted by Crippen LogP contribution is 2.42. The number of nitrogens with one attached hydrogen (secondary N) is 2. The molecule has 7 unspecified atom stereocenters. The molecule has 2 aliphatic rings. The average Bonchev–Trinajstić information content (AvgIpc) is 2.47. The monoisotopic (exact) mass is 391 g/mol. The lowest BCUT2D eigenvalue weighted by atomic mass is 9.70. The molecule has 0 heterocycles. The van der Waals surface area contributed by atoms with Crippen LogP contribution in [-0.4, -0.2) is 29.3 Å². The Hall–Kier alpha value is 0.320. The zero-order chi connectivity index (χ0) is 14.7. The van der Waals surface area contributed by atoms with E-state index in [0.717, 1.165) is 34.5 Å². The Labute approximate surface area is 137 Å². The van der Waals surface area contributed by atoms with E-state index in [9.17, 15) is 0 Å². The highest BCUT2D eigenvalue weighted by atomic mass is 127. The van der Waals surface area contributed by atoms with Crippen LogP contribution in [0.2, 0.25) is 0 Å². The van der Waals surface area contributed by atoms with Crippen LogP contribution in [0.25, 0.3) is 0 Å². The Morgan fingerprint density at radius 3 is 2.45 bits per heavy atom. The molecule has 116 valence electrons. The average molecular weight is 391 g/mol. The maximum absolute atomic E-state index is 7.57. The quantitative estimate of drug-likeness (QED) is 0.392. The molecule has 0 aromatic heterocycles. The Bertz CT molecular complexity index is 323. The van der Waals surface area contributed by atoms with Gasteiger partial charge in [-0.25, -0.2) is 0 Å². The van der Waals surface area contributed by atoms with Gasteiger partial charge in [0.2, 0.25) is 0 Å². The number of alkyl halides is 1. The molecule has 0 aromatic rings. The second-order valence-electron chi connectivity index (χ2n) is 6.96. The molecule has 4 heteroatoms. The predicted octanol–water partition coefficient (Wildman–Crippen LogP) is 3.21. The van der Waals surface area contributed by atoms with Gasteiger partial charge in [-0.15, -0.1) is 0 Å². The highest BCUT2D eigenvalue weighted by molar-refractivity contribution is 14.1. The Morgan fingerprint density at radius 2 is 1.85 bits per heavy atom. The maximum atomic E-state index is 7.57. The summed E-state index contributed by atoms with van der Waals surface area (Å²) >= 11 is 2.71. The van der Waals surface area contributed by atoms with Crippen LogP contribution >= 0.6 is 22.6 Å². The van der Waals surface area contributed by atoms with Crippen LogP contribution in [0.3, 0.4) is 0 Å². The summed E-state index contributed by atoms with van der Waals surface area (Å²) in [5.74, 6) is 2.74. The molecule has 0 radical (unpaired) electrons. The van der Waals surface area contributed by atoms with Gasteiger partial charge in [0.25, 0.3) is 0 Å². The van der Waals surface area contributed by atoms with Gasteiger partial charge in [0.15, 0.2) is 0 Å². The summed E-state index contributed by atoms with van der Waals surface area (Å²) < 4.78 is 0.766. The van der Waals surface area contributed by atoms with Crippen LogP contribution in [0.1, 0.15) is 45.4 Å². The molecule has 4 N–H and O–H groups in total. The van der Waals surface area contributed by atoms with Crippen molar-refractivity contribution >= 4 is 28.8 Å². The molecule has 0 spiro atoms. The zero-order valence-electron chi connectivity index (χ0n) is 12.8. The van der Waals surface area contributed by atoms with Gasteiger partial charge in [-0.2, -0.15) is 0 Å². The van der Waals surface area contributed by atoms with E-state index in [-0.39, 0.29) is 6.04 Å². The van der Waals surface area contributed by atoms with E-state index < -0.39 is 0 Å². The predicted molar refractivity (Wildman–Crippen MR) is 94.8 cm³/mol. The molecule has 2 aliphatic carbocycles. The second kappa shape index (κ2) is 7.54. The van der Waals surface area contributed by atoms with Crippen molar-refractivity contribution in [3.05, 3.63) is 0 Å². The largest absolute Gasteiger partial charge is 0.327 e. The summed E-state index contributed by atoms with van der Waals surface area (Å²) in [4.78, 5) is 0. The van der Waals surface area contributed by atoms with Gasteiger partial charge in [0.1, 0.15) is 0 Å². The van der Waals surface area contributed by atoms with Crippen LogP contribution in [0.5, 0.6) is 0 Å². The lowest BCUT2D eigenvalue weighted by Gasteiger charge is -2.41. The number of halogens is 1. The molecule has 0 aromatic carbocycles. The molecular formula is C16H30IN3. The molecular weight excluding hydrogens is 361 g/mol. The van der Waals surface area contributed by atoms with Gasteiger partial charge in [0.05, 0.1) is 0 Å². The van der Waals surface area contributed by atoms with E-state index in [2.05, 4.69) is 41.9 Å². The van der Waals surface area contributed by atoms with Crippen LogP contribution in [0.4, 0.5) is 0 Å². The first kappa shape index (κ1) is 16.7. The number of hydrogen-bond donors (Lipinski definition) is 3. The van der Waals surface area contributed by atoms with Crippen molar-refractivity contribution in [1.82, 2.24) is 5.32 Å². The van der Waals surface area contributed by atoms with Gasteiger partial charge in [-0.3, -0.25) is 0 Å². The minimum absolute atomic E-state index is 0.228. The second-order valence-corrected chi connectivity index (χ2v) is 8.40. The standard InChI is InChI=1S/C16H30IN3/c1-10-7-11(4-6-15(10)20-2)16(17)12-3-5-14(19)13(8-12)9-18/h9-16,18,20H,3-8,19H2,1-2H3. The third-order valence-corrected chi connectivity index (χ3v) is 7.73. The summed E-state index contributed by atoms with van der Waals surface area (Å²) in [6.07, 6.45) is 9.14. The number of rotatable bonds is 4. The van der Waals surface area contributed by atoms with E-state index in [0.29, 0.717) is 12.0 Å². The van der Waals surface area contributed by atoms with Crippen molar-refractivity contribution < 1.29 is 0 Å². The fraction of sp³-hybridized carbons (Fsp3) is 0.938. The van der Waals surface area contributed by atoms with E-state index in [1.165, 1.54) is 25.7 Å². The first-order valence-corrected chi connectivity index (χ1v) is 9.38. The van der Waals surface area contributed by atoms with Gasteiger partial charge in [-0.1, -0.05) is 29.5 Å². The summed E-state index contributed by atoms with van der Waals surface area (Å²) in [5, 5.41) is 11.0. The van der Waals surface area contributed by atoms with Crippen molar-refractivity contribution in [3.8, 4) is 0 Å². The van der Waals surface area contributed by atoms with Crippen LogP contribution in [-0.2, 0) is 0 Å². The summed E-state index contributed by atoms with van der Waals surface area (Å²) in [6, 6.07) is 0.940. The first-order valence-electron chi connectivity index (χ1n) is 8.14. The van der Waals surface area contributed by atoms with Crippen molar-refractivity contribution in [1.29, 1.82) is 5.41 Å². The van der Waals surface area contributed by atoms with Crippen LogP contribution in [0, 0.1) is 29.1 Å². The SMILES string of the molecule is CNC1CCC(C(I)C2CCC(N)C(C=N)C2)CC1C. The van der Waals surface area contributed by atoms with Gasteiger partial charge < -0.3 is 16.5 Å². The highest BCUT2D eigenvalue weighted by Gasteiger charge is 2.37. The van der Waals surface area contributed by atoms with Crippen LogP contribution < -0.4 is 11.1 Å². The van der Waals surface area contributed by atoms with E-state index in [4.69, 9.17) is 11.1 Å². The van der Waals surface area contributed by atoms with Gasteiger partial charge >= 0.3 is 0 Å². The fourth-order valence-electron chi connectivity index (χ4n) is 4.28. The molecule has 20 heavy (non-hydrogen) atoms. The smallest absolute Gasteiger partial charge is 0.0166 e. The molecule has 2 fully saturated rings. The van der Waals surface area contributed by atoms with Crippen molar-refractivity contribution in [2.24, 2.45) is 29.4 Å². The fourth-order valence-corrected chi connectivity index (χ4v) is 5.59. The molecule has 0 aliphatic heterocycles. The molecule has 7 atom stereocenters. The normalized spacial score (nSPS) is 44.0. The molecule has 2 saturated carbocycles. The molecule has 0 amide bonds. The Balaban J connectivity index is 1.91. The van der Waals surface area contributed by atoms with Gasteiger partial charge in [-0.05, 0) is 69.5 Å². The topological polar surface area (TPSA) is 61.9 Å². The lowest BCUT2D eigenvalue weighted by molar-refractivity contribution is 0.183. The minimum Gasteiger partial charge on any atom is -0.327 e. The van der Waals surface area contributed by atoms with Gasteiger partial charge in [0, 0.05) is 21.9 Å². The summed E-state index contributed by atoms with van der Waals surface area (Å²) in [6.45, 7) is 2.40. The molecule has 0 saturated heterocycles. The van der Waals surface area contributed by atoms with Crippen molar-refractivity contribution in [3.63, 3.8) is 0 Å². The van der Waals surface area contributed by atoms with Crippen molar-refractivity contribution in [2.75, 3.05) is 7.05 Å². The third-order valence-electron chi connectivity index (χ3n) is 5.69. The van der Waals surface area contributed by atoms with Crippen molar-refractivity contribution in [2.45, 2.75) is 61.5 Å². The molecule has 0 bridgehead atoms. The lowest BCUT2D eigenvalue weighted by Crippen LogP contribution is -2.43. The summed E-state index contributed by atoms with van der Waals surface area (Å²) in [7, 11) is 2.10. The van der Waals surface area contributed by atoms with Crippen LogP contribution in [0.15, 0.2) is 0 Å². The first-order chi connectivity index (χ1) is 9.56. The Kier molecular flexibility index (Phi) is 6.29. The number of hydrogen-bond acceptors (Lipinski definition) is 3. The molecule has 3 nitrogen and oxygen atoms in total. The molecule has 2 rings (SSSR count). The maximum Gasteiger partial charge on any atom is 0.0166 e. The minimum atomic E-state index is 0.228. The third kappa shape index (κ3) is 3.74. The van der Waals surface area contributed by atoms with E-state index >= 15 is 0 Å². The zero-order valence-corrected chi connectivity index (χ0v) is 15.0. The number of nitrogens with two attached hydrogens (primary N) is 1. The van der Waals surface area contributed by atoms with E-state index in [1.54, 1.807) is 6.21 Å². The van der Waals surface area contributed by atoms with E-state index in [1.807, 2.05) is 0 Å².